The van der Waals surface area contributed by atoms with Crippen molar-refractivity contribution in [2.75, 3.05) is 27.2 Å². The first-order valence-electron chi connectivity index (χ1n) is 3.44. The normalized spacial score (nSPS) is 8.73. The molecule has 0 aliphatic heterocycles. The molecule has 4 heteroatoms. The predicted octanol–water partition coefficient (Wildman–Crippen LogP) is 3.23. The molecule has 0 rings (SSSR count). The Bertz CT molecular complexity index is 66.7. The Labute approximate surface area is 102 Å². The van der Waals surface area contributed by atoms with Gasteiger partial charge in [-0.05, 0) is 13.3 Å². The summed E-state index contributed by atoms with van der Waals surface area (Å²) in [5.74, 6) is 0. The zero-order valence-electron chi connectivity index (χ0n) is 7.79. The summed E-state index contributed by atoms with van der Waals surface area (Å²) in [6.45, 7) is 7.01. The monoisotopic (exact) mass is 356 g/mol. The molecule has 0 saturated carbocycles. The average molecular weight is 359 g/mol. The van der Waals surface area contributed by atoms with Crippen molar-refractivity contribution in [3.63, 3.8) is 0 Å². The highest BCUT2D eigenvalue weighted by Gasteiger charge is 2.07. The Kier molecular flexibility index (Phi) is 23.7. The van der Waals surface area contributed by atoms with Gasteiger partial charge in [0.15, 0.2) is 0 Å². The van der Waals surface area contributed by atoms with E-state index in [0.29, 0.717) is 0 Å². The first-order chi connectivity index (χ1) is 3.62. The smallest absolute Gasteiger partial charge is 0.0779 e. The molecule has 74 valence electrons. The lowest BCUT2D eigenvalue weighted by molar-refractivity contribution is -0.888. The summed E-state index contributed by atoms with van der Waals surface area (Å²) < 4.78 is 1.16. The summed E-state index contributed by atoms with van der Waals surface area (Å²) in [6.07, 6.45) is 1.29. The van der Waals surface area contributed by atoms with E-state index in [1.54, 1.807) is 0 Å². The van der Waals surface area contributed by atoms with Gasteiger partial charge in [0.1, 0.15) is 0 Å². The van der Waals surface area contributed by atoms with Crippen molar-refractivity contribution in [3.8, 4) is 0 Å². The van der Waals surface area contributed by atoms with Crippen molar-refractivity contribution < 1.29 is 4.48 Å². The van der Waals surface area contributed by atoms with Crippen molar-refractivity contribution in [2.24, 2.45) is 0 Å². The van der Waals surface area contributed by atoms with Crippen LogP contribution in [0.2, 0.25) is 0 Å². The van der Waals surface area contributed by atoms with Crippen molar-refractivity contribution >= 4 is 50.9 Å². The second kappa shape index (κ2) is 11.4. The highest BCUT2D eigenvalue weighted by Crippen LogP contribution is 1.95. The molecule has 1 nitrogen and oxygen atoms in total. The molecule has 0 amide bonds. The van der Waals surface area contributed by atoms with Crippen LogP contribution in [0.3, 0.4) is 0 Å². The van der Waals surface area contributed by atoms with Crippen LogP contribution in [0.15, 0.2) is 0 Å². The maximum atomic E-state index is 2.27. The Morgan fingerprint density at radius 1 is 0.909 bits per heavy atom. The molecule has 0 aliphatic carbocycles. The number of rotatable bonds is 3. The number of hydrogen-bond donors (Lipinski definition) is 0. The van der Waals surface area contributed by atoms with Crippen molar-refractivity contribution in [1.29, 1.82) is 0 Å². The summed E-state index contributed by atoms with van der Waals surface area (Å²) >= 11 is 0. The minimum Gasteiger partial charge on any atom is -0.329 e. The molecular weight excluding hydrogens is 338 g/mol. The molecule has 0 heterocycles. The minimum absolute atomic E-state index is 0. The van der Waals surface area contributed by atoms with E-state index in [9.17, 15) is 0 Å². The molecule has 0 aromatic carbocycles. The second-order valence-corrected chi connectivity index (χ2v) is 2.98. The second-order valence-electron chi connectivity index (χ2n) is 2.98. The van der Waals surface area contributed by atoms with E-state index in [2.05, 4.69) is 27.9 Å². The maximum Gasteiger partial charge on any atom is 0.0779 e. The fourth-order valence-corrected chi connectivity index (χ4v) is 0.763. The highest BCUT2D eigenvalue weighted by molar-refractivity contribution is 8.93. The quantitative estimate of drug-likeness (QED) is 0.679. The molecule has 0 fully saturated rings. The van der Waals surface area contributed by atoms with Crippen LogP contribution in [0.25, 0.3) is 0 Å². The number of nitrogens with zero attached hydrogens (tertiary/aromatic N) is 1. The molecule has 0 aromatic rings. The molecule has 0 atom stereocenters. The van der Waals surface area contributed by atoms with Crippen LogP contribution < -0.4 is 0 Å². The Balaban J connectivity index is -0.0000000817. The van der Waals surface area contributed by atoms with Gasteiger partial charge in [-0.15, -0.1) is 50.9 Å². The largest absolute Gasteiger partial charge is 0.329 e. The lowest BCUT2D eigenvalue weighted by Crippen LogP contribution is -2.39. The summed E-state index contributed by atoms with van der Waals surface area (Å²) in [6, 6.07) is 0. The first kappa shape index (κ1) is 22.8. The van der Waals surface area contributed by atoms with Crippen molar-refractivity contribution in [2.45, 2.75) is 20.3 Å². The van der Waals surface area contributed by atoms with E-state index >= 15 is 0 Å². The summed E-state index contributed by atoms with van der Waals surface area (Å²) in [5.41, 5.74) is 0. The van der Waals surface area contributed by atoms with Crippen LogP contribution in [0.5, 0.6) is 0 Å². The van der Waals surface area contributed by atoms with Crippen LogP contribution in [0, 0.1) is 0 Å². The Hall–Kier alpha value is 1.40. The third-order valence-corrected chi connectivity index (χ3v) is 1.68. The highest BCUT2D eigenvalue weighted by atomic mass is 79.9. The van der Waals surface area contributed by atoms with E-state index in [4.69, 9.17) is 0 Å². The lowest BCUT2D eigenvalue weighted by Gasteiger charge is -2.27. The van der Waals surface area contributed by atoms with Crippen LogP contribution >= 0.6 is 50.9 Å². The number of halogens is 3. The fraction of sp³-hybridized carbons (Fsp3) is 1.00. The summed E-state index contributed by atoms with van der Waals surface area (Å²) in [5, 5.41) is 0. The molecule has 0 aliphatic rings. The summed E-state index contributed by atoms with van der Waals surface area (Å²) in [4.78, 5) is 0. The lowest BCUT2D eigenvalue weighted by atomic mass is 10.4. The molecular formula is C7H21Br3N+. The van der Waals surface area contributed by atoms with Crippen LogP contribution in [0.4, 0.5) is 0 Å². The standard InChI is InChI=1S/C7H18N.3BrH/c1-5-7-8(3,4)6-2;;;/h5-7H2,1-4H3;3*1H/q+1;;;. The van der Waals surface area contributed by atoms with E-state index in [-0.39, 0.29) is 50.9 Å². The molecule has 0 aromatic heterocycles. The zero-order valence-corrected chi connectivity index (χ0v) is 12.9. The van der Waals surface area contributed by atoms with Crippen LogP contribution in [0.1, 0.15) is 20.3 Å². The van der Waals surface area contributed by atoms with E-state index in [0.717, 1.165) is 4.48 Å². The van der Waals surface area contributed by atoms with Crippen molar-refractivity contribution in [3.05, 3.63) is 0 Å². The predicted molar refractivity (Wildman–Crippen MR) is 68.8 cm³/mol. The topological polar surface area (TPSA) is 0 Å². The van der Waals surface area contributed by atoms with Gasteiger partial charge < -0.3 is 4.48 Å². The molecule has 0 radical (unpaired) electrons. The third kappa shape index (κ3) is 14.3. The van der Waals surface area contributed by atoms with Gasteiger partial charge >= 0.3 is 0 Å². The molecule has 0 saturated heterocycles. The molecule has 11 heavy (non-hydrogen) atoms. The summed E-state index contributed by atoms with van der Waals surface area (Å²) in [7, 11) is 4.53. The number of hydrogen-bond acceptors (Lipinski definition) is 0. The molecule has 0 bridgehead atoms. The maximum absolute atomic E-state index is 2.27. The minimum atomic E-state index is 0. The SMILES string of the molecule is Br.Br.Br.CCC[N+](C)(C)CC. The van der Waals surface area contributed by atoms with E-state index in [1.807, 2.05) is 0 Å². The number of quaternary nitrogens is 1. The van der Waals surface area contributed by atoms with E-state index < -0.39 is 0 Å². The van der Waals surface area contributed by atoms with Crippen LogP contribution in [-0.2, 0) is 0 Å². The fourth-order valence-electron chi connectivity index (χ4n) is 0.763. The van der Waals surface area contributed by atoms with E-state index in [1.165, 1.54) is 19.5 Å². The zero-order chi connectivity index (χ0) is 6.62. The van der Waals surface area contributed by atoms with Gasteiger partial charge in [-0.3, -0.25) is 0 Å². The van der Waals surface area contributed by atoms with Crippen molar-refractivity contribution in [1.82, 2.24) is 0 Å². The molecule has 0 unspecified atom stereocenters. The molecule has 0 spiro atoms. The molecule has 0 N–H and O–H groups in total. The van der Waals surface area contributed by atoms with Crippen LogP contribution in [-0.4, -0.2) is 31.7 Å². The average Bonchev–Trinajstić information content (AvgIpc) is 1.67. The Morgan fingerprint density at radius 2 is 1.27 bits per heavy atom. The van der Waals surface area contributed by atoms with Gasteiger partial charge in [-0.1, -0.05) is 6.92 Å². The van der Waals surface area contributed by atoms with Gasteiger partial charge in [-0.2, -0.15) is 0 Å². The first-order valence-corrected chi connectivity index (χ1v) is 3.44. The third-order valence-electron chi connectivity index (χ3n) is 1.68. The van der Waals surface area contributed by atoms with Gasteiger partial charge in [0.25, 0.3) is 0 Å². The van der Waals surface area contributed by atoms with Gasteiger partial charge in [0.2, 0.25) is 0 Å². The van der Waals surface area contributed by atoms with Gasteiger partial charge in [-0.25, -0.2) is 0 Å². The van der Waals surface area contributed by atoms with Gasteiger partial charge in [0.05, 0.1) is 27.2 Å². The van der Waals surface area contributed by atoms with Gasteiger partial charge in [0, 0.05) is 0 Å². The Morgan fingerprint density at radius 3 is 1.36 bits per heavy atom.